The van der Waals surface area contributed by atoms with Crippen molar-refractivity contribution in [3.05, 3.63) is 66.0 Å². The Balaban J connectivity index is 1.62. The van der Waals surface area contributed by atoms with Gasteiger partial charge >= 0.3 is 0 Å². The number of amides is 1. The summed E-state index contributed by atoms with van der Waals surface area (Å²) >= 11 is 1.43. The summed E-state index contributed by atoms with van der Waals surface area (Å²) in [5, 5.41) is 12.4. The number of carbonyl (C=O) groups is 1. The molecule has 1 amide bonds. The molecule has 0 spiro atoms. The molecule has 1 fully saturated rings. The fourth-order valence-electron chi connectivity index (χ4n) is 3.14. The van der Waals surface area contributed by atoms with E-state index in [9.17, 15) is 4.79 Å². The third-order valence-electron chi connectivity index (χ3n) is 4.89. The van der Waals surface area contributed by atoms with Crippen molar-refractivity contribution < 1.29 is 9.53 Å². The first-order valence-corrected chi connectivity index (χ1v) is 11.2. The molecule has 3 aromatic rings. The van der Waals surface area contributed by atoms with Gasteiger partial charge < -0.3 is 10.1 Å². The summed E-state index contributed by atoms with van der Waals surface area (Å²) in [6, 6.07) is 18.4. The first-order valence-electron chi connectivity index (χ1n) is 10.3. The molecule has 0 bridgehead atoms. The highest BCUT2D eigenvalue weighted by molar-refractivity contribution is 8.00. The molecule has 1 aliphatic carbocycles. The average molecular weight is 423 g/mol. The van der Waals surface area contributed by atoms with Crippen LogP contribution >= 0.6 is 11.8 Å². The summed E-state index contributed by atoms with van der Waals surface area (Å²) < 4.78 is 7.61. The molecule has 6 nitrogen and oxygen atoms in total. The van der Waals surface area contributed by atoms with Crippen LogP contribution in [-0.4, -0.2) is 38.6 Å². The van der Waals surface area contributed by atoms with Crippen molar-refractivity contribution in [1.29, 1.82) is 0 Å². The Morgan fingerprint density at radius 1 is 1.17 bits per heavy atom. The van der Waals surface area contributed by atoms with Gasteiger partial charge in [-0.1, -0.05) is 42.1 Å². The van der Waals surface area contributed by atoms with E-state index in [1.807, 2.05) is 60.9 Å². The number of carbonyl (C=O) groups excluding carboxylic acids is 1. The van der Waals surface area contributed by atoms with E-state index < -0.39 is 0 Å². The Labute approximate surface area is 181 Å². The lowest BCUT2D eigenvalue weighted by atomic mass is 10.1. The molecule has 1 N–H and O–H groups in total. The summed E-state index contributed by atoms with van der Waals surface area (Å²) in [5.74, 6) is 1.71. The Morgan fingerprint density at radius 3 is 2.57 bits per heavy atom. The zero-order valence-corrected chi connectivity index (χ0v) is 18.1. The van der Waals surface area contributed by atoms with Gasteiger partial charge in [0.05, 0.1) is 11.9 Å². The summed E-state index contributed by atoms with van der Waals surface area (Å²) in [5.41, 5.74) is 2.11. The number of thioether (sulfide) groups is 1. The van der Waals surface area contributed by atoms with Crippen LogP contribution in [0.3, 0.4) is 0 Å². The molecule has 1 saturated carbocycles. The fraction of sp³-hybridized carbons (Fsp3) is 0.348. The van der Waals surface area contributed by atoms with Crippen LogP contribution in [0.2, 0.25) is 0 Å². The molecule has 0 aliphatic heterocycles. The number of ether oxygens (including phenoxy) is 1. The summed E-state index contributed by atoms with van der Waals surface area (Å²) in [7, 11) is 0. The summed E-state index contributed by atoms with van der Waals surface area (Å²) in [6.45, 7) is 4.50. The van der Waals surface area contributed by atoms with Gasteiger partial charge in [0.25, 0.3) is 0 Å². The first kappa shape index (κ1) is 20.5. The highest BCUT2D eigenvalue weighted by Crippen LogP contribution is 2.28. The highest BCUT2D eigenvalue weighted by Gasteiger charge is 2.27. The van der Waals surface area contributed by atoms with Crippen molar-refractivity contribution in [2.24, 2.45) is 0 Å². The van der Waals surface area contributed by atoms with E-state index in [0.717, 1.165) is 35.7 Å². The maximum Gasteiger partial charge on any atom is 0.233 e. The van der Waals surface area contributed by atoms with E-state index in [0.29, 0.717) is 24.2 Å². The Hall–Kier alpha value is -2.80. The molecule has 30 heavy (non-hydrogen) atoms. The minimum atomic E-state index is -0.249. The molecule has 0 saturated heterocycles. The van der Waals surface area contributed by atoms with Crippen LogP contribution in [-0.2, 0) is 11.2 Å². The topological polar surface area (TPSA) is 69.0 Å². The van der Waals surface area contributed by atoms with E-state index in [1.165, 1.54) is 11.8 Å². The van der Waals surface area contributed by atoms with Crippen LogP contribution in [0, 0.1) is 0 Å². The van der Waals surface area contributed by atoms with Gasteiger partial charge in [0.1, 0.15) is 11.6 Å². The van der Waals surface area contributed by atoms with Gasteiger partial charge in [-0.2, -0.15) is 0 Å². The maximum atomic E-state index is 12.5. The third kappa shape index (κ3) is 5.02. The zero-order chi connectivity index (χ0) is 20.9. The normalized spacial score (nSPS) is 14.3. The van der Waals surface area contributed by atoms with Gasteiger partial charge in [-0.15, -0.1) is 10.2 Å². The molecule has 1 atom stereocenters. The second-order valence-corrected chi connectivity index (χ2v) is 8.67. The molecule has 1 aromatic heterocycles. The predicted octanol–water partition coefficient (Wildman–Crippen LogP) is 4.02. The number of hydrogen-bond acceptors (Lipinski definition) is 5. The van der Waals surface area contributed by atoms with E-state index in [4.69, 9.17) is 4.74 Å². The number of rotatable bonds is 9. The first-order chi connectivity index (χ1) is 14.6. The minimum Gasteiger partial charge on any atom is -0.494 e. The molecule has 1 heterocycles. The molecule has 2 aromatic carbocycles. The molecular formula is C23H26N4O2S. The van der Waals surface area contributed by atoms with Crippen LogP contribution in [0.5, 0.6) is 5.75 Å². The van der Waals surface area contributed by atoms with Gasteiger partial charge in [-0.3, -0.25) is 9.36 Å². The standard InChI is InChI=1S/C23H26N4O2S/c1-3-29-20-13-11-19(12-14-20)27-21(15-17-7-5-4-6-8-17)25-26-23(27)30-16(2)22(28)24-18-9-10-18/h4-8,11-14,16,18H,3,9-10,15H2,1-2H3,(H,24,28). The largest absolute Gasteiger partial charge is 0.494 e. The van der Waals surface area contributed by atoms with Gasteiger partial charge in [0.2, 0.25) is 5.91 Å². The third-order valence-corrected chi connectivity index (χ3v) is 5.93. The summed E-state index contributed by atoms with van der Waals surface area (Å²) in [4.78, 5) is 12.5. The molecule has 4 rings (SSSR count). The number of nitrogens with zero attached hydrogens (tertiary/aromatic N) is 3. The smallest absolute Gasteiger partial charge is 0.233 e. The van der Waals surface area contributed by atoms with Crippen molar-refractivity contribution in [3.8, 4) is 11.4 Å². The highest BCUT2D eigenvalue weighted by atomic mass is 32.2. The monoisotopic (exact) mass is 422 g/mol. The van der Waals surface area contributed by atoms with Crippen LogP contribution < -0.4 is 10.1 Å². The number of nitrogens with one attached hydrogen (secondary N) is 1. The molecular weight excluding hydrogens is 396 g/mol. The molecule has 156 valence electrons. The van der Waals surface area contributed by atoms with Gasteiger partial charge in [-0.25, -0.2) is 0 Å². The van der Waals surface area contributed by atoms with Crippen molar-refractivity contribution in [2.45, 2.75) is 49.6 Å². The lowest BCUT2D eigenvalue weighted by Crippen LogP contribution is -2.32. The van der Waals surface area contributed by atoms with Crippen LogP contribution in [0.15, 0.2) is 59.8 Å². The second kappa shape index (κ2) is 9.34. The SMILES string of the molecule is CCOc1ccc(-n2c(Cc3ccccc3)nnc2SC(C)C(=O)NC2CC2)cc1. The summed E-state index contributed by atoms with van der Waals surface area (Å²) in [6.07, 6.45) is 2.81. The van der Waals surface area contributed by atoms with Crippen molar-refractivity contribution in [1.82, 2.24) is 20.1 Å². The van der Waals surface area contributed by atoms with Gasteiger partial charge in [0.15, 0.2) is 5.16 Å². The maximum absolute atomic E-state index is 12.5. The van der Waals surface area contributed by atoms with E-state index in [-0.39, 0.29) is 11.2 Å². The number of hydrogen-bond donors (Lipinski definition) is 1. The predicted molar refractivity (Wildman–Crippen MR) is 118 cm³/mol. The number of aromatic nitrogens is 3. The van der Waals surface area contributed by atoms with Crippen LogP contribution in [0.1, 0.15) is 38.1 Å². The fourth-order valence-corrected chi connectivity index (χ4v) is 4.04. The van der Waals surface area contributed by atoms with E-state index in [1.54, 1.807) is 0 Å². The van der Waals surface area contributed by atoms with Crippen LogP contribution in [0.4, 0.5) is 0 Å². The quantitative estimate of drug-likeness (QED) is 0.528. The molecule has 1 unspecified atom stereocenters. The molecule has 7 heteroatoms. The Morgan fingerprint density at radius 2 is 1.90 bits per heavy atom. The van der Waals surface area contributed by atoms with E-state index >= 15 is 0 Å². The van der Waals surface area contributed by atoms with Gasteiger partial charge in [0, 0.05) is 18.2 Å². The van der Waals surface area contributed by atoms with Gasteiger partial charge in [-0.05, 0) is 56.5 Å². The number of benzene rings is 2. The molecule has 0 radical (unpaired) electrons. The van der Waals surface area contributed by atoms with Crippen molar-refractivity contribution in [2.75, 3.05) is 6.61 Å². The molecule has 1 aliphatic rings. The Bertz CT molecular complexity index is 984. The van der Waals surface area contributed by atoms with Crippen LogP contribution in [0.25, 0.3) is 5.69 Å². The lowest BCUT2D eigenvalue weighted by molar-refractivity contribution is -0.120. The Kier molecular flexibility index (Phi) is 6.38. The minimum absolute atomic E-state index is 0.0494. The zero-order valence-electron chi connectivity index (χ0n) is 17.2. The van der Waals surface area contributed by atoms with Crippen molar-refractivity contribution in [3.63, 3.8) is 0 Å². The van der Waals surface area contributed by atoms with Crippen molar-refractivity contribution >= 4 is 17.7 Å². The second-order valence-electron chi connectivity index (χ2n) is 7.37. The average Bonchev–Trinajstić information content (AvgIpc) is 3.49. The van der Waals surface area contributed by atoms with E-state index in [2.05, 4.69) is 27.6 Å². The lowest BCUT2D eigenvalue weighted by Gasteiger charge is -2.14.